The van der Waals surface area contributed by atoms with Crippen LogP contribution in [-0.2, 0) is 6.42 Å². The summed E-state index contributed by atoms with van der Waals surface area (Å²) in [4.78, 5) is 0. The summed E-state index contributed by atoms with van der Waals surface area (Å²) < 4.78 is 2.78. The van der Waals surface area contributed by atoms with Crippen molar-refractivity contribution in [2.24, 2.45) is 0 Å². The van der Waals surface area contributed by atoms with Crippen molar-refractivity contribution in [3.8, 4) is 0 Å². The molecule has 0 unspecified atom stereocenters. The van der Waals surface area contributed by atoms with Gasteiger partial charge in [0.25, 0.3) is 0 Å². The Labute approximate surface area is 99.7 Å². The van der Waals surface area contributed by atoms with E-state index in [0.29, 0.717) is 0 Å². The highest BCUT2D eigenvalue weighted by Crippen LogP contribution is 2.27. The topological polar surface area (TPSA) is 0 Å². The second-order valence-electron chi connectivity index (χ2n) is 2.86. The standard InChI is InChI=1S/C10H8I2/c11-9-5-6-10(12)8-4-2-1-3-7(8)9/h1,3,5-6H,2,4H2. The summed E-state index contributed by atoms with van der Waals surface area (Å²) in [5.74, 6) is 0. The minimum atomic E-state index is 1.20. The number of halogens is 2. The average Bonchev–Trinajstić information content (AvgIpc) is 2.12. The number of rotatable bonds is 0. The predicted molar refractivity (Wildman–Crippen MR) is 69.2 cm³/mol. The van der Waals surface area contributed by atoms with E-state index in [1.165, 1.54) is 31.1 Å². The molecular weight excluding hydrogens is 374 g/mol. The van der Waals surface area contributed by atoms with Crippen molar-refractivity contribution in [3.05, 3.63) is 36.5 Å². The van der Waals surface area contributed by atoms with Crippen LogP contribution in [0, 0.1) is 7.14 Å². The normalized spacial score (nSPS) is 14.5. The molecule has 0 saturated heterocycles. The van der Waals surface area contributed by atoms with Gasteiger partial charge in [-0.3, -0.25) is 0 Å². The van der Waals surface area contributed by atoms with Crippen LogP contribution in [0.4, 0.5) is 0 Å². The van der Waals surface area contributed by atoms with E-state index in [0.717, 1.165) is 0 Å². The molecule has 0 saturated carbocycles. The summed E-state index contributed by atoms with van der Waals surface area (Å²) in [6.45, 7) is 0. The van der Waals surface area contributed by atoms with Crippen LogP contribution in [-0.4, -0.2) is 0 Å². The first kappa shape index (κ1) is 8.99. The van der Waals surface area contributed by atoms with E-state index in [-0.39, 0.29) is 0 Å². The third-order valence-corrected chi connectivity index (χ3v) is 4.04. The Morgan fingerprint density at radius 2 is 1.83 bits per heavy atom. The number of fused-ring (bicyclic) bond motifs is 1. The van der Waals surface area contributed by atoms with E-state index in [2.05, 4.69) is 69.5 Å². The minimum Gasteiger partial charge on any atom is -0.0836 e. The Morgan fingerprint density at radius 3 is 2.58 bits per heavy atom. The highest BCUT2D eigenvalue weighted by molar-refractivity contribution is 14.1. The van der Waals surface area contributed by atoms with Crippen molar-refractivity contribution in [2.45, 2.75) is 12.8 Å². The SMILES string of the molecule is Ic1ccc(I)c2c1C=CCC2. The van der Waals surface area contributed by atoms with E-state index < -0.39 is 0 Å². The lowest BCUT2D eigenvalue weighted by atomic mass is 9.98. The van der Waals surface area contributed by atoms with Crippen LogP contribution >= 0.6 is 45.2 Å². The Bertz CT molecular complexity index is 340. The molecule has 0 aliphatic heterocycles. The Hall–Kier alpha value is 0.420. The van der Waals surface area contributed by atoms with Gasteiger partial charge in [-0.05, 0) is 81.3 Å². The summed E-state index contributed by atoms with van der Waals surface area (Å²) >= 11 is 4.83. The van der Waals surface area contributed by atoms with Crippen LogP contribution in [0.15, 0.2) is 18.2 Å². The third kappa shape index (κ3) is 1.55. The van der Waals surface area contributed by atoms with Crippen molar-refractivity contribution in [2.75, 3.05) is 0 Å². The zero-order valence-corrected chi connectivity index (χ0v) is 10.8. The molecule has 2 rings (SSSR count). The van der Waals surface area contributed by atoms with Crippen LogP contribution in [0.25, 0.3) is 6.08 Å². The Balaban J connectivity index is 2.67. The summed E-state index contributed by atoms with van der Waals surface area (Å²) in [6, 6.07) is 4.40. The van der Waals surface area contributed by atoms with Gasteiger partial charge >= 0.3 is 0 Å². The summed E-state index contributed by atoms with van der Waals surface area (Å²) in [6.07, 6.45) is 6.92. The van der Waals surface area contributed by atoms with Crippen molar-refractivity contribution < 1.29 is 0 Å². The number of hydrogen-bond donors (Lipinski definition) is 0. The third-order valence-electron chi connectivity index (χ3n) is 2.09. The molecule has 0 bridgehead atoms. The van der Waals surface area contributed by atoms with Crippen LogP contribution in [0.3, 0.4) is 0 Å². The van der Waals surface area contributed by atoms with E-state index in [1.807, 2.05) is 0 Å². The lowest BCUT2D eigenvalue weighted by Gasteiger charge is -2.13. The van der Waals surface area contributed by atoms with Gasteiger partial charge in [-0.25, -0.2) is 0 Å². The van der Waals surface area contributed by atoms with Gasteiger partial charge in [-0.15, -0.1) is 0 Å². The molecule has 0 heterocycles. The maximum absolute atomic E-state index is 2.42. The molecular formula is C10H8I2. The maximum Gasteiger partial charge on any atom is 0.0206 e. The van der Waals surface area contributed by atoms with E-state index in [9.17, 15) is 0 Å². The molecule has 1 aliphatic rings. The maximum atomic E-state index is 2.42. The van der Waals surface area contributed by atoms with Crippen LogP contribution in [0.5, 0.6) is 0 Å². The molecule has 0 spiro atoms. The lowest BCUT2D eigenvalue weighted by molar-refractivity contribution is 0.975. The average molecular weight is 382 g/mol. The predicted octanol–water partition coefficient (Wildman–Crippen LogP) is 3.86. The van der Waals surface area contributed by atoms with E-state index >= 15 is 0 Å². The molecule has 1 aromatic rings. The summed E-state index contributed by atoms with van der Waals surface area (Å²) in [7, 11) is 0. The monoisotopic (exact) mass is 382 g/mol. The van der Waals surface area contributed by atoms with E-state index in [4.69, 9.17) is 0 Å². The molecule has 0 aromatic heterocycles. The van der Waals surface area contributed by atoms with Gasteiger partial charge in [-0.1, -0.05) is 12.2 Å². The molecule has 0 radical (unpaired) electrons. The van der Waals surface area contributed by atoms with Crippen LogP contribution in [0.2, 0.25) is 0 Å². The van der Waals surface area contributed by atoms with Crippen molar-refractivity contribution in [1.29, 1.82) is 0 Å². The van der Waals surface area contributed by atoms with Crippen LogP contribution in [0.1, 0.15) is 17.5 Å². The van der Waals surface area contributed by atoms with Gasteiger partial charge in [0.05, 0.1) is 0 Å². The van der Waals surface area contributed by atoms with Gasteiger partial charge in [0.2, 0.25) is 0 Å². The fraction of sp³-hybridized carbons (Fsp3) is 0.200. The molecule has 0 fully saturated rings. The highest BCUT2D eigenvalue weighted by Gasteiger charge is 2.10. The van der Waals surface area contributed by atoms with Gasteiger partial charge < -0.3 is 0 Å². The van der Waals surface area contributed by atoms with Gasteiger partial charge in [0, 0.05) is 7.14 Å². The molecule has 0 N–H and O–H groups in total. The molecule has 0 nitrogen and oxygen atoms in total. The fourth-order valence-corrected chi connectivity index (χ4v) is 2.90. The largest absolute Gasteiger partial charge is 0.0836 e. The molecule has 12 heavy (non-hydrogen) atoms. The van der Waals surface area contributed by atoms with Crippen LogP contribution < -0.4 is 0 Å². The number of allylic oxidation sites excluding steroid dienone is 1. The van der Waals surface area contributed by atoms with Gasteiger partial charge in [0.15, 0.2) is 0 Å². The second kappa shape index (κ2) is 3.65. The molecule has 1 aromatic carbocycles. The first-order valence-corrected chi connectivity index (χ1v) is 6.08. The van der Waals surface area contributed by atoms with Crippen molar-refractivity contribution in [1.82, 2.24) is 0 Å². The zero-order valence-electron chi connectivity index (χ0n) is 6.48. The van der Waals surface area contributed by atoms with Crippen molar-refractivity contribution in [3.63, 3.8) is 0 Å². The first-order chi connectivity index (χ1) is 5.79. The number of hydrogen-bond acceptors (Lipinski definition) is 0. The minimum absolute atomic E-state index is 1.20. The Morgan fingerprint density at radius 1 is 1.08 bits per heavy atom. The zero-order chi connectivity index (χ0) is 8.55. The summed E-state index contributed by atoms with van der Waals surface area (Å²) in [5, 5.41) is 0. The molecule has 0 atom stereocenters. The first-order valence-electron chi connectivity index (χ1n) is 3.92. The number of benzene rings is 1. The second-order valence-corrected chi connectivity index (χ2v) is 5.19. The molecule has 62 valence electrons. The fourth-order valence-electron chi connectivity index (χ4n) is 1.47. The van der Waals surface area contributed by atoms with Gasteiger partial charge in [-0.2, -0.15) is 0 Å². The molecule has 2 heteroatoms. The smallest absolute Gasteiger partial charge is 0.0206 e. The lowest BCUT2D eigenvalue weighted by Crippen LogP contribution is -1.99. The Kier molecular flexibility index (Phi) is 2.74. The van der Waals surface area contributed by atoms with E-state index in [1.54, 1.807) is 0 Å². The highest BCUT2D eigenvalue weighted by atomic mass is 127. The summed E-state index contributed by atoms with van der Waals surface area (Å²) in [5.41, 5.74) is 2.97. The van der Waals surface area contributed by atoms with Crippen molar-refractivity contribution >= 4 is 51.3 Å². The van der Waals surface area contributed by atoms with Gasteiger partial charge in [0.1, 0.15) is 0 Å². The molecule has 0 amide bonds. The molecule has 1 aliphatic carbocycles. The quantitative estimate of drug-likeness (QED) is 0.599.